The zero-order valence-corrected chi connectivity index (χ0v) is 16.5. The SMILES string of the molecule is COC(=O)c1ccccc1NC(=O)CSc1nnc(-c2ccco2)n1C(C)C. The van der Waals surface area contributed by atoms with Crippen LogP contribution in [0.2, 0.25) is 0 Å². The summed E-state index contributed by atoms with van der Waals surface area (Å²) in [7, 11) is 1.30. The third-order valence-electron chi connectivity index (χ3n) is 3.86. The first-order valence-electron chi connectivity index (χ1n) is 8.60. The molecule has 0 aliphatic heterocycles. The van der Waals surface area contributed by atoms with Crippen LogP contribution >= 0.6 is 11.8 Å². The monoisotopic (exact) mass is 400 g/mol. The van der Waals surface area contributed by atoms with Gasteiger partial charge in [0, 0.05) is 6.04 Å². The number of benzene rings is 1. The van der Waals surface area contributed by atoms with E-state index in [1.54, 1.807) is 36.6 Å². The van der Waals surface area contributed by atoms with Gasteiger partial charge >= 0.3 is 5.97 Å². The van der Waals surface area contributed by atoms with Gasteiger partial charge in [-0.15, -0.1) is 10.2 Å². The highest BCUT2D eigenvalue weighted by Gasteiger charge is 2.20. The predicted octanol–water partition coefficient (Wildman–Crippen LogP) is 3.64. The molecule has 3 aromatic rings. The second-order valence-corrected chi connectivity index (χ2v) is 7.06. The molecule has 1 aromatic carbocycles. The van der Waals surface area contributed by atoms with Gasteiger partial charge in [-0.05, 0) is 38.1 Å². The van der Waals surface area contributed by atoms with Crippen LogP contribution in [-0.2, 0) is 9.53 Å². The van der Waals surface area contributed by atoms with Gasteiger partial charge in [0.25, 0.3) is 0 Å². The number of nitrogens with one attached hydrogen (secondary N) is 1. The standard InChI is InChI=1S/C19H20N4O4S/c1-12(2)23-17(15-9-6-10-27-15)21-22-19(23)28-11-16(24)20-14-8-5-4-7-13(14)18(25)26-3/h4-10,12H,11H2,1-3H3,(H,20,24). The Morgan fingerprint density at radius 1 is 1.21 bits per heavy atom. The van der Waals surface area contributed by atoms with Crippen molar-refractivity contribution in [2.75, 3.05) is 18.2 Å². The topological polar surface area (TPSA) is 99.2 Å². The largest absolute Gasteiger partial charge is 0.465 e. The lowest BCUT2D eigenvalue weighted by Gasteiger charge is -2.13. The Morgan fingerprint density at radius 3 is 2.68 bits per heavy atom. The number of aromatic nitrogens is 3. The van der Waals surface area contributed by atoms with Crippen molar-refractivity contribution in [2.24, 2.45) is 0 Å². The molecule has 1 N–H and O–H groups in total. The second-order valence-electron chi connectivity index (χ2n) is 6.12. The van der Waals surface area contributed by atoms with E-state index in [2.05, 4.69) is 15.5 Å². The van der Waals surface area contributed by atoms with Crippen molar-refractivity contribution >= 4 is 29.3 Å². The lowest BCUT2D eigenvalue weighted by molar-refractivity contribution is -0.113. The molecule has 0 spiro atoms. The molecule has 0 unspecified atom stereocenters. The van der Waals surface area contributed by atoms with E-state index >= 15 is 0 Å². The number of para-hydroxylation sites is 1. The number of furan rings is 1. The number of carbonyl (C=O) groups excluding carboxylic acids is 2. The summed E-state index contributed by atoms with van der Waals surface area (Å²) in [6.45, 7) is 4.01. The molecule has 0 atom stereocenters. The first kappa shape index (κ1) is 19.7. The highest BCUT2D eigenvalue weighted by Crippen LogP contribution is 2.28. The molecule has 3 rings (SSSR count). The van der Waals surface area contributed by atoms with Crippen LogP contribution in [0.5, 0.6) is 0 Å². The number of ether oxygens (including phenoxy) is 1. The Hall–Kier alpha value is -3.07. The fraction of sp³-hybridized carbons (Fsp3) is 0.263. The Kier molecular flexibility index (Phi) is 6.15. The van der Waals surface area contributed by atoms with E-state index in [0.717, 1.165) is 0 Å². The molecular formula is C19H20N4O4S. The Bertz CT molecular complexity index is 966. The van der Waals surface area contributed by atoms with Gasteiger partial charge in [0.2, 0.25) is 11.7 Å². The van der Waals surface area contributed by atoms with E-state index in [0.29, 0.717) is 28.0 Å². The fourth-order valence-corrected chi connectivity index (χ4v) is 3.48. The molecule has 1 amide bonds. The zero-order valence-electron chi connectivity index (χ0n) is 15.7. The minimum absolute atomic E-state index is 0.0840. The number of methoxy groups -OCH3 is 1. The van der Waals surface area contributed by atoms with E-state index in [9.17, 15) is 9.59 Å². The molecule has 146 valence electrons. The van der Waals surface area contributed by atoms with Crippen molar-refractivity contribution in [1.29, 1.82) is 0 Å². The van der Waals surface area contributed by atoms with Crippen LogP contribution in [0.4, 0.5) is 5.69 Å². The Morgan fingerprint density at radius 2 is 2.00 bits per heavy atom. The molecule has 8 nitrogen and oxygen atoms in total. The highest BCUT2D eigenvalue weighted by atomic mass is 32.2. The molecule has 0 fully saturated rings. The summed E-state index contributed by atoms with van der Waals surface area (Å²) < 4.78 is 12.1. The van der Waals surface area contributed by atoms with Crippen molar-refractivity contribution in [2.45, 2.75) is 25.0 Å². The average Bonchev–Trinajstić information content (AvgIpc) is 3.35. The number of carbonyl (C=O) groups is 2. The molecule has 9 heteroatoms. The van der Waals surface area contributed by atoms with Crippen molar-refractivity contribution in [3.63, 3.8) is 0 Å². The minimum atomic E-state index is -0.508. The molecule has 0 saturated heterocycles. The predicted molar refractivity (Wildman–Crippen MR) is 105 cm³/mol. The number of rotatable bonds is 7. The van der Waals surface area contributed by atoms with E-state index in [1.807, 2.05) is 24.5 Å². The molecule has 0 aliphatic rings. The van der Waals surface area contributed by atoms with Gasteiger partial charge in [-0.2, -0.15) is 0 Å². The molecule has 0 aliphatic carbocycles. The molecule has 0 radical (unpaired) electrons. The van der Waals surface area contributed by atoms with Gasteiger partial charge in [0.1, 0.15) is 0 Å². The van der Waals surface area contributed by atoms with E-state index < -0.39 is 5.97 Å². The van der Waals surface area contributed by atoms with Crippen LogP contribution in [0.1, 0.15) is 30.2 Å². The number of hydrogen-bond donors (Lipinski definition) is 1. The van der Waals surface area contributed by atoms with Crippen molar-refractivity contribution in [3.8, 4) is 11.6 Å². The third-order valence-corrected chi connectivity index (χ3v) is 4.80. The maximum atomic E-state index is 12.4. The number of thioether (sulfide) groups is 1. The van der Waals surface area contributed by atoms with Gasteiger partial charge in [0.15, 0.2) is 10.9 Å². The van der Waals surface area contributed by atoms with Crippen LogP contribution in [0.25, 0.3) is 11.6 Å². The summed E-state index contributed by atoms with van der Waals surface area (Å²) in [5.41, 5.74) is 0.704. The highest BCUT2D eigenvalue weighted by molar-refractivity contribution is 7.99. The Labute approximate surface area is 166 Å². The quantitative estimate of drug-likeness (QED) is 0.477. The van der Waals surface area contributed by atoms with Gasteiger partial charge in [-0.25, -0.2) is 4.79 Å². The lowest BCUT2D eigenvalue weighted by Crippen LogP contribution is -2.17. The third kappa shape index (κ3) is 4.25. The van der Waals surface area contributed by atoms with Crippen LogP contribution in [0, 0.1) is 0 Å². The summed E-state index contributed by atoms with van der Waals surface area (Å²) in [6, 6.07) is 10.4. The number of anilines is 1. The van der Waals surface area contributed by atoms with Crippen LogP contribution in [0.15, 0.2) is 52.2 Å². The van der Waals surface area contributed by atoms with Crippen molar-refractivity contribution in [3.05, 3.63) is 48.2 Å². The minimum Gasteiger partial charge on any atom is -0.465 e. The summed E-state index contributed by atoms with van der Waals surface area (Å²) >= 11 is 1.26. The molecule has 2 aromatic heterocycles. The molecule has 2 heterocycles. The Balaban J connectivity index is 1.72. The number of nitrogens with zero attached hydrogens (tertiary/aromatic N) is 3. The van der Waals surface area contributed by atoms with Crippen molar-refractivity contribution in [1.82, 2.24) is 14.8 Å². The van der Waals surface area contributed by atoms with E-state index in [4.69, 9.17) is 9.15 Å². The molecule has 0 bridgehead atoms. The van der Waals surface area contributed by atoms with E-state index in [1.165, 1.54) is 18.9 Å². The number of hydrogen-bond acceptors (Lipinski definition) is 7. The zero-order chi connectivity index (χ0) is 20.1. The maximum absolute atomic E-state index is 12.4. The van der Waals surface area contributed by atoms with Crippen LogP contribution < -0.4 is 5.32 Å². The summed E-state index contributed by atoms with van der Waals surface area (Å²) in [5.74, 6) is 0.562. The molecular weight excluding hydrogens is 380 g/mol. The normalized spacial score (nSPS) is 10.9. The summed E-state index contributed by atoms with van der Waals surface area (Å²) in [5, 5.41) is 11.7. The smallest absolute Gasteiger partial charge is 0.339 e. The molecule has 28 heavy (non-hydrogen) atoms. The summed E-state index contributed by atoms with van der Waals surface area (Å²) in [4.78, 5) is 24.2. The molecule has 0 saturated carbocycles. The van der Waals surface area contributed by atoms with E-state index in [-0.39, 0.29) is 17.7 Å². The van der Waals surface area contributed by atoms with Crippen LogP contribution in [-0.4, -0.2) is 39.5 Å². The average molecular weight is 400 g/mol. The van der Waals surface area contributed by atoms with Crippen LogP contribution in [0.3, 0.4) is 0 Å². The van der Waals surface area contributed by atoms with Gasteiger partial charge in [-0.1, -0.05) is 23.9 Å². The van der Waals surface area contributed by atoms with Gasteiger partial charge in [0.05, 0.1) is 30.4 Å². The van der Waals surface area contributed by atoms with Gasteiger partial charge < -0.3 is 14.5 Å². The number of esters is 1. The first-order valence-corrected chi connectivity index (χ1v) is 9.58. The second kappa shape index (κ2) is 8.75. The first-order chi connectivity index (χ1) is 13.5. The fourth-order valence-electron chi connectivity index (χ4n) is 2.61. The van der Waals surface area contributed by atoms with Crippen molar-refractivity contribution < 1.29 is 18.7 Å². The lowest BCUT2D eigenvalue weighted by atomic mass is 10.2. The maximum Gasteiger partial charge on any atom is 0.339 e. The number of amides is 1. The van der Waals surface area contributed by atoms with Gasteiger partial charge in [-0.3, -0.25) is 9.36 Å². The summed E-state index contributed by atoms with van der Waals surface area (Å²) in [6.07, 6.45) is 1.58.